The maximum Gasteiger partial charge on any atom is 0.236 e. The van der Waals surface area contributed by atoms with Crippen LogP contribution in [0.15, 0.2) is 0 Å². The van der Waals surface area contributed by atoms with Gasteiger partial charge in [-0.05, 0) is 19.3 Å². The van der Waals surface area contributed by atoms with Crippen LogP contribution in [0.4, 0.5) is 0 Å². The maximum atomic E-state index is 12.5. The predicted octanol–water partition coefficient (Wildman–Crippen LogP) is -1.11. The van der Waals surface area contributed by atoms with Gasteiger partial charge in [0.15, 0.2) is 0 Å². The van der Waals surface area contributed by atoms with Gasteiger partial charge in [-0.25, -0.2) is 0 Å². The first-order valence-electron chi connectivity index (χ1n) is 8.57. The molecule has 1 unspecified atom stereocenters. The molecule has 0 radical (unpaired) electrons. The van der Waals surface area contributed by atoms with E-state index >= 15 is 0 Å². The third-order valence-corrected chi connectivity index (χ3v) is 4.71. The first kappa shape index (κ1) is 18.7. The largest absolute Gasteiger partial charge is 0.383 e. The molecule has 2 saturated heterocycles. The van der Waals surface area contributed by atoms with Gasteiger partial charge in [-0.1, -0.05) is 0 Å². The topological polar surface area (TPSA) is 96.2 Å². The van der Waals surface area contributed by atoms with Crippen molar-refractivity contribution < 1.29 is 19.1 Å². The average Bonchev–Trinajstić information content (AvgIpc) is 2.74. The van der Waals surface area contributed by atoms with Crippen LogP contribution in [0.25, 0.3) is 0 Å². The second-order valence-corrected chi connectivity index (χ2v) is 6.52. The summed E-state index contributed by atoms with van der Waals surface area (Å²) in [5, 5.41) is 0. The molecule has 24 heavy (non-hydrogen) atoms. The van der Waals surface area contributed by atoms with Crippen molar-refractivity contribution in [2.45, 2.75) is 19.3 Å². The summed E-state index contributed by atoms with van der Waals surface area (Å²) in [5.41, 5.74) is 5.36. The Morgan fingerprint density at radius 2 is 2.04 bits per heavy atom. The fraction of sp³-hybridized carbons (Fsp3) is 0.812. The summed E-state index contributed by atoms with van der Waals surface area (Å²) >= 11 is 0. The van der Waals surface area contributed by atoms with Crippen molar-refractivity contribution in [2.75, 3.05) is 59.5 Å². The Balaban J connectivity index is 1.85. The monoisotopic (exact) mass is 340 g/mol. The molecule has 0 bridgehead atoms. The highest BCUT2D eigenvalue weighted by Gasteiger charge is 2.29. The lowest BCUT2D eigenvalue weighted by Gasteiger charge is -2.32. The van der Waals surface area contributed by atoms with Crippen molar-refractivity contribution >= 4 is 17.7 Å². The van der Waals surface area contributed by atoms with Crippen molar-refractivity contribution in [3.8, 4) is 0 Å². The molecule has 2 N–H and O–H groups in total. The smallest absolute Gasteiger partial charge is 0.236 e. The number of nitrogens with zero attached hydrogens (tertiary/aromatic N) is 3. The Morgan fingerprint density at radius 3 is 2.75 bits per heavy atom. The molecule has 0 aromatic heterocycles. The van der Waals surface area contributed by atoms with Gasteiger partial charge < -0.3 is 20.3 Å². The minimum Gasteiger partial charge on any atom is -0.383 e. The van der Waals surface area contributed by atoms with Gasteiger partial charge in [0.05, 0.1) is 25.6 Å². The normalized spacial score (nSPS) is 23.2. The van der Waals surface area contributed by atoms with Crippen LogP contribution in [-0.2, 0) is 19.1 Å². The molecule has 8 nitrogen and oxygen atoms in total. The molecule has 2 fully saturated rings. The minimum absolute atomic E-state index is 0.0286. The Kier molecular flexibility index (Phi) is 6.99. The molecule has 2 heterocycles. The van der Waals surface area contributed by atoms with E-state index in [9.17, 15) is 14.4 Å². The first-order chi connectivity index (χ1) is 11.5. The van der Waals surface area contributed by atoms with Crippen LogP contribution in [0.3, 0.4) is 0 Å². The van der Waals surface area contributed by atoms with E-state index < -0.39 is 0 Å². The lowest BCUT2D eigenvalue weighted by molar-refractivity contribution is -0.136. The number of rotatable bonds is 6. The maximum absolute atomic E-state index is 12.5. The van der Waals surface area contributed by atoms with Crippen molar-refractivity contribution in [3.63, 3.8) is 0 Å². The second kappa shape index (κ2) is 8.98. The van der Waals surface area contributed by atoms with Gasteiger partial charge in [-0.15, -0.1) is 0 Å². The number of primary amides is 1. The third kappa shape index (κ3) is 5.17. The number of amides is 3. The Labute approximate surface area is 142 Å². The number of carbonyl (C=O) groups is 3. The molecule has 0 saturated carbocycles. The Morgan fingerprint density at radius 1 is 1.25 bits per heavy atom. The highest BCUT2D eigenvalue weighted by atomic mass is 16.5. The van der Waals surface area contributed by atoms with E-state index in [0.717, 1.165) is 19.3 Å². The summed E-state index contributed by atoms with van der Waals surface area (Å²) in [7, 11) is 1.62. The first-order valence-corrected chi connectivity index (χ1v) is 8.57. The molecule has 0 spiro atoms. The van der Waals surface area contributed by atoms with E-state index in [0.29, 0.717) is 39.3 Å². The second-order valence-electron chi connectivity index (χ2n) is 6.52. The van der Waals surface area contributed by atoms with Gasteiger partial charge >= 0.3 is 0 Å². The number of hydrogen-bond donors (Lipinski definition) is 1. The number of nitrogens with two attached hydrogens (primary N) is 1. The number of carbonyl (C=O) groups excluding carboxylic acids is 3. The molecule has 0 aromatic carbocycles. The van der Waals surface area contributed by atoms with Crippen LogP contribution < -0.4 is 5.73 Å². The number of likely N-dealkylation sites (tertiary alicyclic amines) is 1. The lowest BCUT2D eigenvalue weighted by Crippen LogP contribution is -2.48. The molecule has 0 aliphatic carbocycles. The third-order valence-electron chi connectivity index (χ3n) is 4.71. The predicted molar refractivity (Wildman–Crippen MR) is 88.0 cm³/mol. The van der Waals surface area contributed by atoms with Crippen LogP contribution in [0.5, 0.6) is 0 Å². The van der Waals surface area contributed by atoms with E-state index in [-0.39, 0.29) is 36.7 Å². The molecular formula is C16H28N4O4. The highest BCUT2D eigenvalue weighted by Crippen LogP contribution is 2.16. The van der Waals surface area contributed by atoms with E-state index in [1.165, 1.54) is 0 Å². The van der Waals surface area contributed by atoms with Gasteiger partial charge in [0.1, 0.15) is 0 Å². The summed E-state index contributed by atoms with van der Waals surface area (Å²) in [6.07, 6.45) is 2.38. The summed E-state index contributed by atoms with van der Waals surface area (Å²) < 4.78 is 5.03. The van der Waals surface area contributed by atoms with Gasteiger partial charge in [0.2, 0.25) is 17.7 Å². The standard InChI is InChI=1S/C16H28N4O4/c1-24-9-8-19-7-3-5-18(11-14(19)21)12-15(22)20-6-2-4-13(10-20)16(17)23/h13H,2-12H2,1H3,(H2,17,23). The number of methoxy groups -OCH3 is 1. The van der Waals surface area contributed by atoms with Crippen LogP contribution in [-0.4, -0.2) is 92.0 Å². The number of ether oxygens (including phenoxy) is 1. The quantitative estimate of drug-likeness (QED) is 0.661. The van der Waals surface area contributed by atoms with E-state index in [1.54, 1.807) is 16.9 Å². The van der Waals surface area contributed by atoms with Crippen LogP contribution in [0.2, 0.25) is 0 Å². The van der Waals surface area contributed by atoms with E-state index in [4.69, 9.17) is 10.5 Å². The average molecular weight is 340 g/mol. The number of hydrogen-bond acceptors (Lipinski definition) is 5. The molecule has 8 heteroatoms. The van der Waals surface area contributed by atoms with Gasteiger partial charge in [0, 0.05) is 39.8 Å². The Hall–Kier alpha value is -1.67. The van der Waals surface area contributed by atoms with Crippen molar-refractivity contribution in [3.05, 3.63) is 0 Å². The summed E-state index contributed by atoms with van der Waals surface area (Å²) in [6, 6.07) is 0. The fourth-order valence-electron chi connectivity index (χ4n) is 3.28. The van der Waals surface area contributed by atoms with Crippen LogP contribution in [0.1, 0.15) is 19.3 Å². The van der Waals surface area contributed by atoms with Crippen molar-refractivity contribution in [2.24, 2.45) is 11.7 Å². The lowest BCUT2D eigenvalue weighted by atomic mass is 9.97. The fourth-order valence-corrected chi connectivity index (χ4v) is 3.28. The van der Waals surface area contributed by atoms with Gasteiger partial charge in [0.25, 0.3) is 0 Å². The van der Waals surface area contributed by atoms with Gasteiger partial charge in [-0.2, -0.15) is 0 Å². The SMILES string of the molecule is COCCN1CCCN(CC(=O)N2CCCC(C(N)=O)C2)CC1=O. The minimum atomic E-state index is -0.341. The van der Waals surface area contributed by atoms with Crippen LogP contribution >= 0.6 is 0 Å². The van der Waals surface area contributed by atoms with E-state index in [2.05, 4.69) is 0 Å². The molecule has 3 amide bonds. The van der Waals surface area contributed by atoms with Gasteiger partial charge in [-0.3, -0.25) is 19.3 Å². The van der Waals surface area contributed by atoms with E-state index in [1.807, 2.05) is 4.90 Å². The Bertz CT molecular complexity index is 471. The molecule has 0 aromatic rings. The molecule has 2 aliphatic heterocycles. The van der Waals surface area contributed by atoms with Crippen molar-refractivity contribution in [1.29, 1.82) is 0 Å². The molecule has 136 valence electrons. The summed E-state index contributed by atoms with van der Waals surface area (Å²) in [6.45, 7) is 4.04. The summed E-state index contributed by atoms with van der Waals surface area (Å²) in [5.74, 6) is -0.589. The molecule has 2 rings (SSSR count). The summed E-state index contributed by atoms with van der Waals surface area (Å²) in [4.78, 5) is 41.5. The zero-order valence-corrected chi connectivity index (χ0v) is 14.4. The molecule has 1 atom stereocenters. The highest BCUT2D eigenvalue weighted by molar-refractivity contribution is 5.83. The molecular weight excluding hydrogens is 312 g/mol. The molecule has 2 aliphatic rings. The zero-order valence-electron chi connectivity index (χ0n) is 14.4. The van der Waals surface area contributed by atoms with Crippen molar-refractivity contribution in [1.82, 2.24) is 14.7 Å². The number of piperidine rings is 1. The van der Waals surface area contributed by atoms with Crippen LogP contribution in [0, 0.1) is 5.92 Å². The zero-order chi connectivity index (χ0) is 17.5.